The van der Waals surface area contributed by atoms with Crippen molar-refractivity contribution < 1.29 is 13.2 Å². The molecular weight excluding hydrogens is 396 g/mol. The molecule has 0 saturated heterocycles. The third-order valence-corrected chi connectivity index (χ3v) is 6.55. The fourth-order valence-corrected chi connectivity index (χ4v) is 4.58. The normalized spacial score (nSPS) is 10.7. The van der Waals surface area contributed by atoms with E-state index in [0.717, 1.165) is 0 Å². The van der Waals surface area contributed by atoms with Gasteiger partial charge in [0.15, 0.2) is 0 Å². The maximum Gasteiger partial charge on any atom is 0.149 e. The van der Waals surface area contributed by atoms with E-state index < -0.39 is 9.84 Å². The maximum absolute atomic E-state index is 10.4. The highest BCUT2D eigenvalue weighted by Gasteiger charge is 2.01. The molecule has 1 aromatic carbocycles. The van der Waals surface area contributed by atoms with Crippen LogP contribution in [-0.4, -0.2) is 33.6 Å². The Morgan fingerprint density at radius 1 is 0.852 bits per heavy atom. The van der Waals surface area contributed by atoms with Crippen molar-refractivity contribution in [2.75, 3.05) is 25.2 Å². The van der Waals surface area contributed by atoms with Crippen LogP contribution in [0.4, 0.5) is 0 Å². The van der Waals surface area contributed by atoms with Gasteiger partial charge in [-0.15, -0.1) is 22.7 Å². The van der Waals surface area contributed by atoms with E-state index in [1.807, 2.05) is 29.6 Å². The molecule has 3 rings (SSSR count). The highest BCUT2D eigenvalue weighted by Crippen LogP contribution is 2.29. The standard InChI is InChI=1S/C10H10S.C6H8S.C5H12O3S/c1-7-9-5-3-4-6-10(9)8(2)11-7;1-5-3-4-6(2)7-5;1-3-8-4-5-9(2,6)7/h3-6H,1-2H3;3-4H,1-2H3;3-5H2,1-2H3. The van der Waals surface area contributed by atoms with Crippen molar-refractivity contribution in [3.8, 4) is 0 Å². The minimum Gasteiger partial charge on any atom is -0.381 e. The fourth-order valence-electron chi connectivity index (χ4n) is 2.35. The van der Waals surface area contributed by atoms with Crippen molar-refractivity contribution in [1.29, 1.82) is 0 Å². The summed E-state index contributed by atoms with van der Waals surface area (Å²) in [5.74, 6) is 0.126. The van der Waals surface area contributed by atoms with Gasteiger partial charge >= 0.3 is 0 Å². The first-order valence-electron chi connectivity index (χ1n) is 8.87. The summed E-state index contributed by atoms with van der Waals surface area (Å²) in [7, 11) is -2.82. The molecule has 3 aromatic rings. The highest BCUT2D eigenvalue weighted by atomic mass is 32.2. The first-order valence-corrected chi connectivity index (χ1v) is 12.6. The molecule has 0 amide bonds. The quantitative estimate of drug-likeness (QED) is 0.484. The van der Waals surface area contributed by atoms with Gasteiger partial charge in [0, 0.05) is 32.4 Å². The number of hydrogen-bond acceptors (Lipinski definition) is 5. The van der Waals surface area contributed by atoms with E-state index in [-0.39, 0.29) is 5.75 Å². The molecule has 0 aliphatic rings. The van der Waals surface area contributed by atoms with E-state index in [2.05, 4.69) is 64.1 Å². The van der Waals surface area contributed by atoms with Crippen LogP contribution < -0.4 is 0 Å². The molecule has 0 aliphatic carbocycles. The molecular formula is C21H30O3S3. The van der Waals surface area contributed by atoms with Crippen LogP contribution in [0, 0.1) is 27.7 Å². The predicted octanol–water partition coefficient (Wildman–Crippen LogP) is 5.95. The Bertz CT molecular complexity index is 869. The summed E-state index contributed by atoms with van der Waals surface area (Å²) in [5.41, 5.74) is 0. The Balaban J connectivity index is 0.000000208. The Kier molecular flexibility index (Phi) is 10.2. The largest absolute Gasteiger partial charge is 0.381 e. The number of thiophene rings is 2. The van der Waals surface area contributed by atoms with Crippen LogP contribution in [0.15, 0.2) is 36.4 Å². The van der Waals surface area contributed by atoms with Gasteiger partial charge in [0.25, 0.3) is 0 Å². The second-order valence-corrected chi connectivity index (χ2v) is 11.4. The maximum atomic E-state index is 10.4. The summed E-state index contributed by atoms with van der Waals surface area (Å²) < 4.78 is 25.7. The van der Waals surface area contributed by atoms with Crippen molar-refractivity contribution in [3.05, 3.63) is 55.9 Å². The average molecular weight is 427 g/mol. The summed E-state index contributed by atoms with van der Waals surface area (Å²) in [4.78, 5) is 5.66. The van der Waals surface area contributed by atoms with E-state index in [4.69, 9.17) is 4.74 Å². The number of rotatable bonds is 4. The lowest BCUT2D eigenvalue weighted by molar-refractivity contribution is 0.163. The van der Waals surface area contributed by atoms with Crippen molar-refractivity contribution in [1.82, 2.24) is 0 Å². The lowest BCUT2D eigenvalue weighted by Gasteiger charge is -1.96. The van der Waals surface area contributed by atoms with Gasteiger partial charge in [-0.3, -0.25) is 0 Å². The molecule has 6 heteroatoms. The first-order chi connectivity index (χ1) is 12.6. The molecule has 0 unspecified atom stereocenters. The molecule has 2 heterocycles. The van der Waals surface area contributed by atoms with Gasteiger partial charge in [-0.05, 0) is 57.5 Å². The third-order valence-electron chi connectivity index (χ3n) is 3.67. The SMILES string of the molecule is CCOCCS(C)(=O)=O.Cc1ccc(C)s1.Cc1sc(C)c2ccccc12. The van der Waals surface area contributed by atoms with E-state index in [9.17, 15) is 8.42 Å². The highest BCUT2D eigenvalue weighted by molar-refractivity contribution is 7.90. The van der Waals surface area contributed by atoms with Crippen LogP contribution in [0.25, 0.3) is 10.8 Å². The molecule has 0 N–H and O–H groups in total. The van der Waals surface area contributed by atoms with Crippen molar-refractivity contribution in [2.24, 2.45) is 0 Å². The summed E-state index contributed by atoms with van der Waals surface area (Å²) >= 11 is 3.73. The van der Waals surface area contributed by atoms with Gasteiger partial charge in [0.2, 0.25) is 0 Å². The molecule has 2 aromatic heterocycles. The number of benzene rings is 1. The number of hydrogen-bond donors (Lipinski definition) is 0. The number of ether oxygens (including phenoxy) is 1. The minimum absolute atomic E-state index is 0.126. The molecule has 0 bridgehead atoms. The van der Waals surface area contributed by atoms with E-state index in [1.54, 1.807) is 0 Å². The zero-order valence-corrected chi connectivity index (χ0v) is 19.5. The molecule has 0 fully saturated rings. The fraction of sp³-hybridized carbons (Fsp3) is 0.429. The Morgan fingerprint density at radius 3 is 1.67 bits per heavy atom. The Labute approximate surface area is 171 Å². The summed E-state index contributed by atoms with van der Waals surface area (Å²) in [6.45, 7) is 11.3. The Morgan fingerprint density at radius 2 is 1.33 bits per heavy atom. The van der Waals surface area contributed by atoms with Gasteiger partial charge in [-0.1, -0.05) is 24.3 Å². The molecule has 0 aliphatic heterocycles. The van der Waals surface area contributed by atoms with Crippen LogP contribution in [0.2, 0.25) is 0 Å². The smallest absolute Gasteiger partial charge is 0.149 e. The van der Waals surface area contributed by atoms with Gasteiger partial charge in [-0.2, -0.15) is 0 Å². The Hall–Kier alpha value is -1.21. The number of aryl methyl sites for hydroxylation is 4. The summed E-state index contributed by atoms with van der Waals surface area (Å²) in [6, 6.07) is 12.9. The molecule has 0 spiro atoms. The van der Waals surface area contributed by atoms with E-state index in [0.29, 0.717) is 13.2 Å². The van der Waals surface area contributed by atoms with Crippen LogP contribution >= 0.6 is 22.7 Å². The molecule has 0 saturated carbocycles. The molecule has 27 heavy (non-hydrogen) atoms. The average Bonchev–Trinajstić information content (AvgIpc) is 3.11. The van der Waals surface area contributed by atoms with E-state index >= 15 is 0 Å². The second kappa shape index (κ2) is 11.6. The monoisotopic (exact) mass is 426 g/mol. The van der Waals surface area contributed by atoms with Crippen molar-refractivity contribution in [2.45, 2.75) is 34.6 Å². The van der Waals surface area contributed by atoms with Crippen LogP contribution in [0.3, 0.4) is 0 Å². The van der Waals surface area contributed by atoms with Crippen LogP contribution in [0.5, 0.6) is 0 Å². The second-order valence-electron chi connectivity index (χ2n) is 6.24. The van der Waals surface area contributed by atoms with Gasteiger partial charge in [-0.25, -0.2) is 8.42 Å². The van der Waals surface area contributed by atoms with Crippen LogP contribution in [0.1, 0.15) is 26.4 Å². The molecule has 150 valence electrons. The summed E-state index contributed by atoms with van der Waals surface area (Å²) in [5, 5.41) is 2.82. The lowest BCUT2D eigenvalue weighted by atomic mass is 10.1. The first kappa shape index (κ1) is 23.8. The van der Waals surface area contributed by atoms with Crippen molar-refractivity contribution >= 4 is 43.3 Å². The molecule has 3 nitrogen and oxygen atoms in total. The van der Waals surface area contributed by atoms with E-state index in [1.165, 1.54) is 36.5 Å². The van der Waals surface area contributed by atoms with Gasteiger partial charge in [0.05, 0.1) is 12.4 Å². The van der Waals surface area contributed by atoms with Gasteiger partial charge < -0.3 is 4.74 Å². The topological polar surface area (TPSA) is 43.4 Å². The zero-order chi connectivity index (χ0) is 20.4. The lowest BCUT2D eigenvalue weighted by Crippen LogP contribution is -2.09. The van der Waals surface area contributed by atoms with Gasteiger partial charge in [0.1, 0.15) is 9.84 Å². The number of sulfone groups is 1. The predicted molar refractivity (Wildman–Crippen MR) is 121 cm³/mol. The zero-order valence-electron chi connectivity index (χ0n) is 17.0. The van der Waals surface area contributed by atoms with Crippen molar-refractivity contribution in [3.63, 3.8) is 0 Å². The third kappa shape index (κ3) is 9.51. The number of fused-ring (bicyclic) bond motifs is 1. The molecule has 0 atom stereocenters. The molecule has 0 radical (unpaired) electrons. The summed E-state index contributed by atoms with van der Waals surface area (Å²) in [6.07, 6.45) is 1.20. The minimum atomic E-state index is -2.82. The van der Waals surface area contributed by atoms with Crippen LogP contribution in [-0.2, 0) is 14.6 Å².